The van der Waals surface area contributed by atoms with Gasteiger partial charge in [-0.25, -0.2) is 13.6 Å². The summed E-state index contributed by atoms with van der Waals surface area (Å²) in [5, 5.41) is 10.7. The molecule has 0 spiro atoms. The lowest BCUT2D eigenvalue weighted by Gasteiger charge is -2.09. The number of nitrogens with two attached hydrogens (primary N) is 1. The number of nitrogens with one attached hydrogen (secondary N) is 2. The molecule has 3 aromatic carbocycles. The average molecular weight is 423 g/mol. The third-order valence-electron chi connectivity index (χ3n) is 4.37. The highest BCUT2D eigenvalue weighted by atomic mass is 32.2. The van der Waals surface area contributed by atoms with Gasteiger partial charge in [0.15, 0.2) is 0 Å². The molecule has 0 radical (unpaired) electrons. The van der Waals surface area contributed by atoms with Gasteiger partial charge < -0.3 is 10.6 Å². The Morgan fingerprint density at radius 2 is 1.47 bits per heavy atom. The predicted octanol–water partition coefficient (Wildman–Crippen LogP) is 2.56. The number of anilines is 1. The summed E-state index contributed by atoms with van der Waals surface area (Å²) in [4.78, 5) is 24.7. The highest BCUT2D eigenvalue weighted by Gasteiger charge is 2.10. The average Bonchev–Trinajstić information content (AvgIpc) is 2.74. The van der Waals surface area contributed by atoms with Gasteiger partial charge in [-0.3, -0.25) is 9.59 Å². The van der Waals surface area contributed by atoms with Crippen molar-refractivity contribution >= 4 is 27.5 Å². The van der Waals surface area contributed by atoms with E-state index in [9.17, 15) is 18.0 Å². The predicted molar refractivity (Wildman–Crippen MR) is 115 cm³/mol. The van der Waals surface area contributed by atoms with Crippen molar-refractivity contribution in [2.45, 2.75) is 11.3 Å². The first kappa shape index (κ1) is 21.2. The van der Waals surface area contributed by atoms with Gasteiger partial charge in [0.1, 0.15) is 0 Å². The van der Waals surface area contributed by atoms with Crippen LogP contribution in [0.25, 0.3) is 0 Å². The van der Waals surface area contributed by atoms with Gasteiger partial charge in [-0.2, -0.15) is 0 Å². The van der Waals surface area contributed by atoms with Crippen LogP contribution in [0.1, 0.15) is 26.3 Å². The molecule has 0 saturated carbocycles. The van der Waals surface area contributed by atoms with Crippen LogP contribution in [-0.4, -0.2) is 26.8 Å². The Kier molecular flexibility index (Phi) is 6.61. The van der Waals surface area contributed by atoms with E-state index in [1.165, 1.54) is 12.1 Å². The molecule has 0 aliphatic rings. The molecule has 4 N–H and O–H groups in total. The molecular weight excluding hydrogens is 402 g/mol. The van der Waals surface area contributed by atoms with Gasteiger partial charge in [0, 0.05) is 23.4 Å². The molecule has 154 valence electrons. The minimum Gasteiger partial charge on any atom is -0.352 e. The molecule has 0 atom stereocenters. The number of rotatable bonds is 7. The van der Waals surface area contributed by atoms with E-state index in [0.717, 1.165) is 5.56 Å². The van der Waals surface area contributed by atoms with Crippen LogP contribution in [-0.2, 0) is 16.4 Å². The van der Waals surface area contributed by atoms with Gasteiger partial charge >= 0.3 is 0 Å². The number of primary sulfonamides is 1. The number of carbonyl (C=O) groups is 2. The molecule has 0 bridgehead atoms. The van der Waals surface area contributed by atoms with Crippen molar-refractivity contribution in [3.63, 3.8) is 0 Å². The molecule has 0 aromatic heterocycles. The monoisotopic (exact) mass is 423 g/mol. The zero-order valence-corrected chi connectivity index (χ0v) is 16.9. The van der Waals surface area contributed by atoms with Crippen LogP contribution in [0.15, 0.2) is 83.8 Å². The Balaban J connectivity index is 1.55. The lowest BCUT2D eigenvalue weighted by molar-refractivity contribution is 0.0952. The zero-order valence-electron chi connectivity index (χ0n) is 16.0. The number of hydrogen-bond acceptors (Lipinski definition) is 4. The van der Waals surface area contributed by atoms with E-state index >= 15 is 0 Å². The van der Waals surface area contributed by atoms with E-state index < -0.39 is 10.0 Å². The number of sulfonamides is 1. The van der Waals surface area contributed by atoms with E-state index in [1.54, 1.807) is 60.7 Å². The molecule has 0 unspecified atom stereocenters. The molecule has 0 fully saturated rings. The van der Waals surface area contributed by atoms with Crippen molar-refractivity contribution in [2.24, 2.45) is 5.14 Å². The maximum Gasteiger partial charge on any atom is 0.255 e. The van der Waals surface area contributed by atoms with Crippen molar-refractivity contribution in [3.8, 4) is 0 Å². The molecule has 3 aromatic rings. The van der Waals surface area contributed by atoms with Crippen LogP contribution in [0.2, 0.25) is 0 Å². The molecule has 0 heterocycles. The number of carbonyl (C=O) groups excluding carboxylic acids is 2. The molecule has 2 amide bonds. The van der Waals surface area contributed by atoms with E-state index in [-0.39, 0.29) is 16.7 Å². The third kappa shape index (κ3) is 5.76. The second kappa shape index (κ2) is 9.34. The summed E-state index contributed by atoms with van der Waals surface area (Å²) in [5.74, 6) is -0.525. The van der Waals surface area contributed by atoms with Crippen molar-refractivity contribution in [2.75, 3.05) is 11.9 Å². The maximum absolute atomic E-state index is 12.4. The fraction of sp³-hybridized carbons (Fsp3) is 0.0909. The SMILES string of the molecule is NS(=O)(=O)c1ccc(CCNC(=O)c2cccc(NC(=O)c3ccccc3)c2)cc1. The number of amides is 2. The Bertz CT molecular complexity index is 1140. The summed E-state index contributed by atoms with van der Waals surface area (Å²) in [7, 11) is -3.72. The summed E-state index contributed by atoms with van der Waals surface area (Å²) < 4.78 is 22.5. The van der Waals surface area contributed by atoms with Crippen molar-refractivity contribution in [3.05, 3.63) is 95.6 Å². The van der Waals surface area contributed by atoms with Gasteiger partial charge in [0.25, 0.3) is 11.8 Å². The molecule has 3 rings (SSSR count). The number of benzene rings is 3. The third-order valence-corrected chi connectivity index (χ3v) is 5.30. The van der Waals surface area contributed by atoms with Gasteiger partial charge in [-0.05, 0) is 54.4 Å². The first-order valence-corrected chi connectivity index (χ1v) is 10.7. The van der Waals surface area contributed by atoms with Crippen molar-refractivity contribution in [1.82, 2.24) is 5.32 Å². The lowest BCUT2D eigenvalue weighted by Crippen LogP contribution is -2.25. The lowest BCUT2D eigenvalue weighted by atomic mass is 10.1. The summed E-state index contributed by atoms with van der Waals surface area (Å²) in [5.41, 5.74) is 2.34. The fourth-order valence-corrected chi connectivity index (χ4v) is 3.31. The molecule has 30 heavy (non-hydrogen) atoms. The fourth-order valence-electron chi connectivity index (χ4n) is 2.80. The minimum absolute atomic E-state index is 0.0460. The molecule has 7 nitrogen and oxygen atoms in total. The van der Waals surface area contributed by atoms with Crippen molar-refractivity contribution < 1.29 is 18.0 Å². The standard InChI is InChI=1S/C22H21N3O4S/c23-30(28,29)20-11-9-16(10-12-20)13-14-24-21(26)18-7-4-8-19(15-18)25-22(27)17-5-2-1-3-6-17/h1-12,15H,13-14H2,(H,24,26)(H,25,27)(H2,23,28,29). The highest BCUT2D eigenvalue weighted by molar-refractivity contribution is 7.89. The van der Waals surface area contributed by atoms with Gasteiger partial charge in [-0.15, -0.1) is 0 Å². The largest absolute Gasteiger partial charge is 0.352 e. The first-order chi connectivity index (χ1) is 14.3. The Labute approximate surface area is 175 Å². The van der Waals surface area contributed by atoms with E-state index in [1.807, 2.05) is 6.07 Å². The normalized spacial score (nSPS) is 11.0. The smallest absolute Gasteiger partial charge is 0.255 e. The van der Waals surface area contributed by atoms with Crippen LogP contribution >= 0.6 is 0 Å². The van der Waals surface area contributed by atoms with E-state index in [2.05, 4.69) is 10.6 Å². The minimum atomic E-state index is -3.72. The first-order valence-electron chi connectivity index (χ1n) is 9.19. The van der Waals surface area contributed by atoms with Crippen LogP contribution in [0, 0.1) is 0 Å². The Hall–Kier alpha value is -3.49. The number of hydrogen-bond donors (Lipinski definition) is 3. The molecule has 0 aliphatic carbocycles. The summed E-state index contributed by atoms with van der Waals surface area (Å²) >= 11 is 0. The Morgan fingerprint density at radius 1 is 0.800 bits per heavy atom. The topological polar surface area (TPSA) is 118 Å². The van der Waals surface area contributed by atoms with E-state index in [0.29, 0.717) is 29.8 Å². The maximum atomic E-state index is 12.4. The summed E-state index contributed by atoms with van der Waals surface area (Å²) in [6.45, 7) is 0.369. The van der Waals surface area contributed by atoms with Crippen molar-refractivity contribution in [1.29, 1.82) is 0 Å². The van der Waals surface area contributed by atoms with Crippen LogP contribution in [0.3, 0.4) is 0 Å². The second-order valence-corrected chi connectivity index (χ2v) is 8.16. The van der Waals surface area contributed by atoms with Gasteiger partial charge in [-0.1, -0.05) is 36.4 Å². The van der Waals surface area contributed by atoms with Crippen LogP contribution in [0.4, 0.5) is 5.69 Å². The van der Waals surface area contributed by atoms with Gasteiger partial charge in [0.05, 0.1) is 4.90 Å². The molecule has 0 saturated heterocycles. The highest BCUT2D eigenvalue weighted by Crippen LogP contribution is 2.13. The van der Waals surface area contributed by atoms with E-state index in [4.69, 9.17) is 5.14 Å². The summed E-state index contributed by atoms with van der Waals surface area (Å²) in [6.07, 6.45) is 0.529. The van der Waals surface area contributed by atoms with Gasteiger partial charge in [0.2, 0.25) is 10.0 Å². The molecular formula is C22H21N3O4S. The second-order valence-electron chi connectivity index (χ2n) is 6.60. The van der Waals surface area contributed by atoms with Crippen LogP contribution < -0.4 is 15.8 Å². The summed E-state index contributed by atoms with van der Waals surface area (Å²) in [6, 6.07) is 21.7. The zero-order chi connectivity index (χ0) is 21.6. The van der Waals surface area contributed by atoms with Crippen LogP contribution in [0.5, 0.6) is 0 Å². The Morgan fingerprint density at radius 3 is 2.13 bits per heavy atom. The molecule has 0 aliphatic heterocycles. The quantitative estimate of drug-likeness (QED) is 0.541. The molecule has 8 heteroatoms.